The Morgan fingerprint density at radius 2 is 1.61 bits per heavy atom. The van der Waals surface area contributed by atoms with Gasteiger partial charge in [-0.3, -0.25) is 0 Å². The average molecular weight is 377 g/mol. The van der Waals surface area contributed by atoms with Crippen LogP contribution in [0, 0.1) is 13.8 Å². The molecule has 1 aromatic heterocycles. The minimum Gasteiger partial charge on any atom is -0.434 e. The standard InChI is InChI=1S/C24H27NO3/c1-4-15-27-24(26)28-16-14-21-17-23(20-12-10-18(2)11-13-20)25(19(21)3)22-8-6-5-7-9-22/h5-13,17H,4,14-16H2,1-3H3. The second kappa shape index (κ2) is 9.27. The Balaban J connectivity index is 1.88. The van der Waals surface area contributed by atoms with E-state index in [0.717, 1.165) is 34.6 Å². The van der Waals surface area contributed by atoms with Gasteiger partial charge in [0, 0.05) is 17.8 Å². The number of rotatable bonds is 7. The summed E-state index contributed by atoms with van der Waals surface area (Å²) in [5.74, 6) is 0. The van der Waals surface area contributed by atoms with Gasteiger partial charge in [-0.15, -0.1) is 0 Å². The highest BCUT2D eigenvalue weighted by molar-refractivity contribution is 5.66. The molecule has 3 rings (SSSR count). The molecule has 0 fully saturated rings. The number of aryl methyl sites for hydroxylation is 1. The molecule has 28 heavy (non-hydrogen) atoms. The molecule has 0 unspecified atom stereocenters. The van der Waals surface area contributed by atoms with Gasteiger partial charge in [-0.2, -0.15) is 0 Å². The van der Waals surface area contributed by atoms with Crippen molar-refractivity contribution in [1.82, 2.24) is 4.57 Å². The molecule has 0 aliphatic heterocycles. The second-order valence-corrected chi connectivity index (χ2v) is 6.87. The molecule has 0 N–H and O–H groups in total. The number of aromatic nitrogens is 1. The van der Waals surface area contributed by atoms with Crippen molar-refractivity contribution >= 4 is 6.16 Å². The molecule has 0 amide bonds. The Morgan fingerprint density at radius 1 is 0.929 bits per heavy atom. The van der Waals surface area contributed by atoms with E-state index in [1.807, 2.05) is 25.1 Å². The summed E-state index contributed by atoms with van der Waals surface area (Å²) in [4.78, 5) is 11.6. The molecule has 4 nitrogen and oxygen atoms in total. The maximum atomic E-state index is 11.6. The van der Waals surface area contributed by atoms with E-state index in [-0.39, 0.29) is 0 Å². The third kappa shape index (κ3) is 4.63. The van der Waals surface area contributed by atoms with Crippen LogP contribution in [0.15, 0.2) is 60.7 Å². The van der Waals surface area contributed by atoms with Crippen molar-refractivity contribution in [2.24, 2.45) is 0 Å². The van der Waals surface area contributed by atoms with Crippen LogP contribution >= 0.6 is 0 Å². The third-order valence-corrected chi connectivity index (χ3v) is 4.73. The maximum Gasteiger partial charge on any atom is 0.508 e. The van der Waals surface area contributed by atoms with Crippen LogP contribution in [-0.2, 0) is 15.9 Å². The zero-order valence-corrected chi connectivity index (χ0v) is 16.8. The van der Waals surface area contributed by atoms with E-state index in [0.29, 0.717) is 19.6 Å². The van der Waals surface area contributed by atoms with Crippen molar-refractivity contribution < 1.29 is 14.3 Å². The molecular formula is C24H27NO3. The van der Waals surface area contributed by atoms with Gasteiger partial charge in [0.2, 0.25) is 0 Å². The molecule has 0 aliphatic carbocycles. The summed E-state index contributed by atoms with van der Waals surface area (Å²) < 4.78 is 12.4. The number of hydrogen-bond acceptors (Lipinski definition) is 3. The number of nitrogens with zero attached hydrogens (tertiary/aromatic N) is 1. The zero-order chi connectivity index (χ0) is 19.9. The zero-order valence-electron chi connectivity index (χ0n) is 16.8. The van der Waals surface area contributed by atoms with E-state index in [1.54, 1.807) is 0 Å². The van der Waals surface area contributed by atoms with Gasteiger partial charge in [-0.25, -0.2) is 4.79 Å². The highest BCUT2D eigenvalue weighted by Gasteiger charge is 2.15. The number of carbonyl (C=O) groups is 1. The lowest BCUT2D eigenvalue weighted by Gasteiger charge is -2.12. The molecule has 146 valence electrons. The molecule has 0 atom stereocenters. The summed E-state index contributed by atoms with van der Waals surface area (Å²) >= 11 is 0. The summed E-state index contributed by atoms with van der Waals surface area (Å²) in [6.45, 7) is 6.84. The van der Waals surface area contributed by atoms with E-state index in [2.05, 4.69) is 60.9 Å². The van der Waals surface area contributed by atoms with Crippen LogP contribution in [-0.4, -0.2) is 23.9 Å². The van der Waals surface area contributed by atoms with Gasteiger partial charge in [0.25, 0.3) is 0 Å². The van der Waals surface area contributed by atoms with Crippen LogP contribution in [0.1, 0.15) is 30.2 Å². The monoisotopic (exact) mass is 377 g/mol. The fourth-order valence-electron chi connectivity index (χ4n) is 3.23. The number of benzene rings is 2. The first-order valence-corrected chi connectivity index (χ1v) is 9.73. The fourth-order valence-corrected chi connectivity index (χ4v) is 3.23. The first kappa shape index (κ1) is 19.7. The topological polar surface area (TPSA) is 40.5 Å². The third-order valence-electron chi connectivity index (χ3n) is 4.73. The predicted octanol–water partition coefficient (Wildman–Crippen LogP) is 5.87. The van der Waals surface area contributed by atoms with Crippen molar-refractivity contribution in [3.63, 3.8) is 0 Å². The minimum atomic E-state index is -0.597. The molecule has 1 heterocycles. The number of para-hydroxylation sites is 1. The summed E-state index contributed by atoms with van der Waals surface area (Å²) in [6.07, 6.45) is 0.834. The molecule has 0 saturated heterocycles. The van der Waals surface area contributed by atoms with Crippen LogP contribution in [0.4, 0.5) is 4.79 Å². The van der Waals surface area contributed by atoms with Gasteiger partial charge in [-0.1, -0.05) is 55.0 Å². The Kier molecular flexibility index (Phi) is 6.53. The smallest absolute Gasteiger partial charge is 0.434 e. The van der Waals surface area contributed by atoms with Gasteiger partial charge in [0.1, 0.15) is 0 Å². The van der Waals surface area contributed by atoms with E-state index >= 15 is 0 Å². The van der Waals surface area contributed by atoms with Crippen LogP contribution in [0.5, 0.6) is 0 Å². The Labute approximate surface area is 166 Å². The summed E-state index contributed by atoms with van der Waals surface area (Å²) in [5, 5.41) is 0. The van der Waals surface area contributed by atoms with Crippen molar-refractivity contribution in [1.29, 1.82) is 0 Å². The Morgan fingerprint density at radius 3 is 2.29 bits per heavy atom. The number of carbonyl (C=O) groups excluding carboxylic acids is 1. The van der Waals surface area contributed by atoms with E-state index in [1.165, 1.54) is 5.56 Å². The largest absolute Gasteiger partial charge is 0.508 e. The lowest BCUT2D eigenvalue weighted by atomic mass is 10.1. The van der Waals surface area contributed by atoms with Gasteiger partial charge in [-0.05, 0) is 49.6 Å². The highest BCUT2D eigenvalue weighted by atomic mass is 16.7. The number of hydrogen-bond donors (Lipinski definition) is 0. The van der Waals surface area contributed by atoms with Gasteiger partial charge < -0.3 is 14.0 Å². The van der Waals surface area contributed by atoms with E-state index in [9.17, 15) is 4.79 Å². The SMILES string of the molecule is CCCOC(=O)OCCc1cc(-c2ccc(C)cc2)n(-c2ccccc2)c1C. The molecule has 3 aromatic rings. The molecule has 0 radical (unpaired) electrons. The summed E-state index contributed by atoms with van der Waals surface area (Å²) in [7, 11) is 0. The van der Waals surface area contributed by atoms with Crippen molar-refractivity contribution in [2.75, 3.05) is 13.2 Å². The molecule has 0 aliphatic rings. The van der Waals surface area contributed by atoms with Crippen molar-refractivity contribution in [3.05, 3.63) is 77.5 Å². The van der Waals surface area contributed by atoms with E-state index < -0.39 is 6.16 Å². The van der Waals surface area contributed by atoms with Crippen molar-refractivity contribution in [3.8, 4) is 16.9 Å². The average Bonchev–Trinajstić information content (AvgIpc) is 3.04. The maximum absolute atomic E-state index is 11.6. The first-order chi connectivity index (χ1) is 13.6. The lowest BCUT2D eigenvalue weighted by Crippen LogP contribution is -2.10. The summed E-state index contributed by atoms with van der Waals surface area (Å²) in [6, 6.07) is 21.0. The van der Waals surface area contributed by atoms with Crippen molar-refractivity contribution in [2.45, 2.75) is 33.6 Å². The Bertz CT molecular complexity index is 911. The molecular weight excluding hydrogens is 350 g/mol. The second-order valence-electron chi connectivity index (χ2n) is 6.87. The number of ether oxygens (including phenoxy) is 2. The molecule has 0 spiro atoms. The minimum absolute atomic E-state index is 0.301. The van der Waals surface area contributed by atoms with Crippen LogP contribution in [0.3, 0.4) is 0 Å². The highest BCUT2D eigenvalue weighted by Crippen LogP contribution is 2.30. The van der Waals surface area contributed by atoms with Crippen LogP contribution in [0.25, 0.3) is 16.9 Å². The molecule has 2 aromatic carbocycles. The lowest BCUT2D eigenvalue weighted by molar-refractivity contribution is 0.0561. The fraction of sp³-hybridized carbons (Fsp3) is 0.292. The molecule has 0 bridgehead atoms. The summed E-state index contributed by atoms with van der Waals surface area (Å²) in [5.41, 5.74) is 6.94. The van der Waals surface area contributed by atoms with Gasteiger partial charge in [0.05, 0.1) is 18.9 Å². The molecule has 0 saturated carbocycles. The van der Waals surface area contributed by atoms with E-state index in [4.69, 9.17) is 9.47 Å². The molecule has 4 heteroatoms. The normalized spacial score (nSPS) is 10.7. The first-order valence-electron chi connectivity index (χ1n) is 9.73. The quantitative estimate of drug-likeness (QED) is 0.484. The van der Waals surface area contributed by atoms with Crippen LogP contribution in [0.2, 0.25) is 0 Å². The van der Waals surface area contributed by atoms with Crippen LogP contribution < -0.4 is 0 Å². The van der Waals surface area contributed by atoms with Gasteiger partial charge in [0.15, 0.2) is 0 Å². The Hall–Kier alpha value is -3.01. The predicted molar refractivity (Wildman–Crippen MR) is 112 cm³/mol. The van der Waals surface area contributed by atoms with Gasteiger partial charge >= 0.3 is 6.16 Å².